The van der Waals surface area contributed by atoms with Crippen LogP contribution in [0.4, 0.5) is 4.79 Å². The average Bonchev–Trinajstić information content (AvgIpc) is 3.04. The van der Waals surface area contributed by atoms with E-state index in [1.54, 1.807) is 4.90 Å². The molecule has 1 aliphatic heterocycles. The monoisotopic (exact) mass is 441 g/mol. The molecule has 1 unspecified atom stereocenters. The number of hydrogen-bond acceptors (Lipinski definition) is 4. The van der Waals surface area contributed by atoms with E-state index in [0.717, 1.165) is 29.4 Å². The highest BCUT2D eigenvalue weighted by Gasteiger charge is 2.29. The topological polar surface area (TPSA) is 56.6 Å². The van der Waals surface area contributed by atoms with Gasteiger partial charge in [0, 0.05) is 11.6 Å². The first-order chi connectivity index (χ1) is 14.8. The molecule has 31 heavy (non-hydrogen) atoms. The van der Waals surface area contributed by atoms with Gasteiger partial charge < -0.3 is 14.4 Å². The molecule has 0 bridgehead atoms. The van der Waals surface area contributed by atoms with Crippen LogP contribution >= 0.6 is 11.6 Å². The van der Waals surface area contributed by atoms with Crippen LogP contribution in [0.25, 0.3) is 11.0 Å². The van der Waals surface area contributed by atoms with Crippen LogP contribution in [-0.4, -0.2) is 45.3 Å². The maximum Gasteiger partial charge on any atom is 0.410 e. The maximum atomic E-state index is 12.5. The Morgan fingerprint density at radius 3 is 2.77 bits per heavy atom. The molecule has 0 aliphatic carbocycles. The molecule has 2 heterocycles. The number of hydrogen-bond donors (Lipinski definition) is 0. The first kappa shape index (κ1) is 21.5. The van der Waals surface area contributed by atoms with E-state index < -0.39 is 5.60 Å². The van der Waals surface area contributed by atoms with Gasteiger partial charge in [0.1, 0.15) is 11.7 Å². The molecule has 1 fully saturated rings. The molecule has 1 amide bonds. The third-order valence-corrected chi connectivity index (χ3v) is 5.39. The highest BCUT2D eigenvalue weighted by molar-refractivity contribution is 6.30. The summed E-state index contributed by atoms with van der Waals surface area (Å²) in [6.07, 6.45) is 1.28. The molecule has 3 aromatic rings. The number of ether oxygens (including phenoxy) is 2. The Balaban J connectivity index is 1.56. The van der Waals surface area contributed by atoms with Crippen LogP contribution in [0.5, 0.6) is 6.01 Å². The van der Waals surface area contributed by atoms with Crippen molar-refractivity contribution in [1.29, 1.82) is 0 Å². The van der Waals surface area contributed by atoms with Gasteiger partial charge in [-0.25, -0.2) is 4.79 Å². The fraction of sp³-hybridized carbons (Fsp3) is 0.417. The van der Waals surface area contributed by atoms with Crippen molar-refractivity contribution in [3.8, 4) is 6.01 Å². The van der Waals surface area contributed by atoms with E-state index in [0.29, 0.717) is 30.7 Å². The number of imidazole rings is 1. The number of piperidine rings is 1. The number of nitrogens with zero attached hydrogens (tertiary/aromatic N) is 3. The van der Waals surface area contributed by atoms with Crippen LogP contribution in [0.1, 0.15) is 39.2 Å². The molecule has 1 atom stereocenters. The zero-order valence-electron chi connectivity index (χ0n) is 18.2. The number of carbonyl (C=O) groups is 1. The first-order valence-electron chi connectivity index (χ1n) is 10.6. The largest absolute Gasteiger partial charge is 0.459 e. The van der Waals surface area contributed by atoms with Crippen LogP contribution in [-0.2, 0) is 11.3 Å². The number of amides is 1. The minimum absolute atomic E-state index is 0.142. The summed E-state index contributed by atoms with van der Waals surface area (Å²) in [4.78, 5) is 19.0. The molecular formula is C24H28ClN3O3. The molecule has 1 aromatic heterocycles. The quantitative estimate of drug-likeness (QED) is 0.535. The smallest absolute Gasteiger partial charge is 0.410 e. The van der Waals surface area contributed by atoms with Crippen LogP contribution in [0.3, 0.4) is 0 Å². The van der Waals surface area contributed by atoms with E-state index >= 15 is 0 Å². The Morgan fingerprint density at radius 1 is 1.19 bits per heavy atom. The predicted octanol–water partition coefficient (Wildman–Crippen LogP) is 5.52. The van der Waals surface area contributed by atoms with Crippen LogP contribution < -0.4 is 4.74 Å². The number of carbonyl (C=O) groups excluding carboxylic acids is 1. The van der Waals surface area contributed by atoms with Gasteiger partial charge in [0.15, 0.2) is 0 Å². The Kier molecular flexibility index (Phi) is 6.10. The van der Waals surface area contributed by atoms with Crippen molar-refractivity contribution in [3.05, 3.63) is 59.1 Å². The Bertz CT molecular complexity index is 1070. The van der Waals surface area contributed by atoms with E-state index in [2.05, 4.69) is 4.57 Å². The van der Waals surface area contributed by atoms with Crippen LogP contribution in [0, 0.1) is 0 Å². The summed E-state index contributed by atoms with van der Waals surface area (Å²) >= 11 is 6.18. The molecule has 6 nitrogen and oxygen atoms in total. The molecule has 0 N–H and O–H groups in total. The summed E-state index contributed by atoms with van der Waals surface area (Å²) in [7, 11) is 0. The lowest BCUT2D eigenvalue weighted by atomic mass is 10.1. The summed E-state index contributed by atoms with van der Waals surface area (Å²) in [5, 5.41) is 0.699. The molecule has 2 aromatic carbocycles. The summed E-state index contributed by atoms with van der Waals surface area (Å²) in [5.41, 5.74) is 2.42. The SMILES string of the molecule is CC(C)(C)OC(=O)N1CCCC(Oc2nc3ccccc3n2Cc2cccc(Cl)c2)C1. The van der Waals surface area contributed by atoms with Crippen molar-refractivity contribution >= 4 is 28.7 Å². The summed E-state index contributed by atoms with van der Waals surface area (Å²) in [6.45, 7) is 7.38. The number of likely N-dealkylation sites (tertiary alicyclic amines) is 1. The highest BCUT2D eigenvalue weighted by Crippen LogP contribution is 2.26. The van der Waals surface area contributed by atoms with Gasteiger partial charge in [-0.1, -0.05) is 35.9 Å². The molecule has 1 aliphatic rings. The fourth-order valence-electron chi connectivity index (χ4n) is 3.79. The van der Waals surface area contributed by atoms with Crippen molar-refractivity contribution in [2.24, 2.45) is 0 Å². The standard InChI is InChI=1S/C24H28ClN3O3/c1-24(2,3)31-23(29)27-13-7-10-19(16-27)30-22-26-20-11-4-5-12-21(20)28(22)15-17-8-6-9-18(25)14-17/h4-6,8-9,11-12,14,19H,7,10,13,15-16H2,1-3H3. The molecule has 0 radical (unpaired) electrons. The number of fused-ring (bicyclic) bond motifs is 1. The predicted molar refractivity (Wildman–Crippen MR) is 122 cm³/mol. The number of rotatable bonds is 4. The maximum absolute atomic E-state index is 12.5. The fourth-order valence-corrected chi connectivity index (χ4v) is 4.00. The van der Waals surface area contributed by atoms with Gasteiger partial charge in [0.25, 0.3) is 6.01 Å². The Hall–Kier alpha value is -2.73. The van der Waals surface area contributed by atoms with Crippen molar-refractivity contribution < 1.29 is 14.3 Å². The van der Waals surface area contributed by atoms with Crippen molar-refractivity contribution in [2.45, 2.75) is 51.9 Å². The second kappa shape index (κ2) is 8.79. The third kappa shape index (κ3) is 5.31. The number of para-hydroxylation sites is 2. The van der Waals surface area contributed by atoms with E-state index in [9.17, 15) is 4.79 Å². The van der Waals surface area contributed by atoms with E-state index in [1.807, 2.05) is 69.3 Å². The zero-order valence-corrected chi connectivity index (χ0v) is 18.9. The van der Waals surface area contributed by atoms with Gasteiger partial charge >= 0.3 is 6.09 Å². The van der Waals surface area contributed by atoms with Crippen molar-refractivity contribution in [3.63, 3.8) is 0 Å². The van der Waals surface area contributed by atoms with Gasteiger partial charge in [0.05, 0.1) is 24.1 Å². The Morgan fingerprint density at radius 2 is 2.00 bits per heavy atom. The first-order valence-corrected chi connectivity index (χ1v) is 11.0. The van der Waals surface area contributed by atoms with E-state index in [-0.39, 0.29) is 12.2 Å². The van der Waals surface area contributed by atoms with Gasteiger partial charge in [0.2, 0.25) is 0 Å². The molecule has 1 saturated heterocycles. The van der Waals surface area contributed by atoms with Crippen LogP contribution in [0.15, 0.2) is 48.5 Å². The van der Waals surface area contributed by atoms with Crippen molar-refractivity contribution in [2.75, 3.05) is 13.1 Å². The van der Waals surface area contributed by atoms with Gasteiger partial charge in [-0.2, -0.15) is 4.98 Å². The zero-order chi connectivity index (χ0) is 22.0. The highest BCUT2D eigenvalue weighted by atomic mass is 35.5. The normalized spacial score (nSPS) is 17.0. The number of benzene rings is 2. The summed E-state index contributed by atoms with van der Waals surface area (Å²) in [5.74, 6) is 0. The van der Waals surface area contributed by atoms with E-state index in [1.165, 1.54) is 0 Å². The average molecular weight is 442 g/mol. The van der Waals surface area contributed by atoms with E-state index in [4.69, 9.17) is 26.1 Å². The lowest BCUT2D eigenvalue weighted by Crippen LogP contribution is -2.46. The minimum atomic E-state index is -0.518. The molecular weight excluding hydrogens is 414 g/mol. The number of aromatic nitrogens is 2. The lowest BCUT2D eigenvalue weighted by molar-refractivity contribution is 0.00626. The Labute approximate surface area is 187 Å². The number of halogens is 1. The molecule has 0 spiro atoms. The second-order valence-electron chi connectivity index (χ2n) is 8.91. The van der Waals surface area contributed by atoms with Crippen molar-refractivity contribution in [1.82, 2.24) is 14.5 Å². The molecule has 7 heteroatoms. The minimum Gasteiger partial charge on any atom is -0.459 e. The summed E-state index contributed by atoms with van der Waals surface area (Å²) < 4.78 is 14.0. The van der Waals surface area contributed by atoms with Crippen LogP contribution in [0.2, 0.25) is 5.02 Å². The molecule has 0 saturated carbocycles. The van der Waals surface area contributed by atoms with Gasteiger partial charge in [-0.3, -0.25) is 4.57 Å². The second-order valence-corrected chi connectivity index (χ2v) is 9.34. The van der Waals surface area contributed by atoms with Gasteiger partial charge in [-0.15, -0.1) is 0 Å². The summed E-state index contributed by atoms with van der Waals surface area (Å²) in [6, 6.07) is 16.3. The molecule has 164 valence electrons. The lowest BCUT2D eigenvalue weighted by Gasteiger charge is -2.34. The van der Waals surface area contributed by atoms with Gasteiger partial charge in [-0.05, 0) is 63.4 Å². The third-order valence-electron chi connectivity index (χ3n) is 5.15. The molecule has 4 rings (SSSR count).